The van der Waals surface area contributed by atoms with Gasteiger partial charge in [-0.05, 0) is 61.4 Å². The third-order valence-corrected chi connectivity index (χ3v) is 7.39. The van der Waals surface area contributed by atoms with E-state index >= 15 is 0 Å². The van der Waals surface area contributed by atoms with Gasteiger partial charge in [0.05, 0.1) is 42.8 Å². The predicted molar refractivity (Wildman–Crippen MR) is 157 cm³/mol. The molecule has 12 heteroatoms. The molecule has 1 aromatic heterocycles. The summed E-state index contributed by atoms with van der Waals surface area (Å²) < 4.78 is 12.7. The van der Waals surface area contributed by atoms with Crippen molar-refractivity contribution < 1.29 is 19.1 Å². The molecule has 0 fully saturated rings. The first-order chi connectivity index (χ1) is 19.2. The van der Waals surface area contributed by atoms with Crippen LogP contribution in [0.1, 0.15) is 27.3 Å². The monoisotopic (exact) mass is 599 g/mol. The van der Waals surface area contributed by atoms with Crippen LogP contribution in [-0.2, 0) is 11.3 Å². The lowest BCUT2D eigenvalue weighted by Gasteiger charge is -2.15. The standard InChI is InChI=1S/C28H27Cl2N5O4S/c1-16-5-6-17(2)22(11-16)32-26(36)15-40-28-34-33-25(14-31-27(37)20-9-7-18(29)12-21(20)30)35(28)23-13-19(38-3)8-10-24(23)39-4/h5-13H,14-15H2,1-4H3,(H,31,37)(H,32,36). The van der Waals surface area contributed by atoms with Crippen molar-refractivity contribution in [1.82, 2.24) is 20.1 Å². The maximum Gasteiger partial charge on any atom is 0.253 e. The molecule has 0 spiro atoms. The van der Waals surface area contributed by atoms with Gasteiger partial charge in [0.1, 0.15) is 11.5 Å². The minimum Gasteiger partial charge on any atom is -0.497 e. The van der Waals surface area contributed by atoms with E-state index in [0.717, 1.165) is 16.8 Å². The summed E-state index contributed by atoms with van der Waals surface area (Å²) in [6.07, 6.45) is 0. The van der Waals surface area contributed by atoms with Gasteiger partial charge in [-0.3, -0.25) is 14.2 Å². The first-order valence-corrected chi connectivity index (χ1v) is 13.8. The van der Waals surface area contributed by atoms with E-state index in [-0.39, 0.29) is 28.8 Å². The Labute approximate surface area is 246 Å². The molecule has 0 saturated heterocycles. The maximum absolute atomic E-state index is 12.9. The number of aryl methyl sites for hydroxylation is 2. The number of anilines is 1. The van der Waals surface area contributed by atoms with Crippen molar-refractivity contribution in [2.24, 2.45) is 0 Å². The zero-order chi connectivity index (χ0) is 28.8. The minimum atomic E-state index is -0.407. The first-order valence-electron chi connectivity index (χ1n) is 12.1. The van der Waals surface area contributed by atoms with Crippen LogP contribution >= 0.6 is 35.0 Å². The third-order valence-electron chi connectivity index (χ3n) is 5.91. The SMILES string of the molecule is COc1ccc(OC)c(-n2c(CNC(=O)c3ccc(Cl)cc3Cl)nnc2SCC(=O)Nc2cc(C)ccc2C)c1. The number of hydrogen-bond acceptors (Lipinski definition) is 7. The number of carbonyl (C=O) groups excluding carboxylic acids is 2. The second-order valence-electron chi connectivity index (χ2n) is 8.73. The van der Waals surface area contributed by atoms with Gasteiger partial charge >= 0.3 is 0 Å². The van der Waals surface area contributed by atoms with E-state index in [0.29, 0.717) is 33.2 Å². The Morgan fingerprint density at radius 3 is 2.50 bits per heavy atom. The second kappa shape index (κ2) is 13.1. The highest BCUT2D eigenvalue weighted by atomic mass is 35.5. The number of rotatable bonds is 10. The average Bonchev–Trinajstić information content (AvgIpc) is 3.34. The molecule has 208 valence electrons. The number of carbonyl (C=O) groups is 2. The Balaban J connectivity index is 1.61. The van der Waals surface area contributed by atoms with E-state index in [2.05, 4.69) is 20.8 Å². The summed E-state index contributed by atoms with van der Waals surface area (Å²) in [5.41, 5.74) is 3.62. The molecule has 9 nitrogen and oxygen atoms in total. The van der Waals surface area contributed by atoms with E-state index in [4.69, 9.17) is 32.7 Å². The number of halogens is 2. The molecule has 4 aromatic rings. The van der Waals surface area contributed by atoms with E-state index in [1.165, 1.54) is 17.8 Å². The zero-order valence-corrected chi connectivity index (χ0v) is 24.6. The quantitative estimate of drug-likeness (QED) is 0.219. The molecule has 3 aromatic carbocycles. The van der Waals surface area contributed by atoms with Crippen molar-refractivity contribution in [3.8, 4) is 17.2 Å². The fourth-order valence-corrected chi connectivity index (χ4v) is 5.09. The number of nitrogens with one attached hydrogen (secondary N) is 2. The van der Waals surface area contributed by atoms with Gasteiger partial charge in [0.2, 0.25) is 5.91 Å². The minimum absolute atomic E-state index is 0.0143. The molecule has 4 rings (SSSR count). The summed E-state index contributed by atoms with van der Waals surface area (Å²) in [5, 5.41) is 15.5. The average molecular weight is 601 g/mol. The largest absolute Gasteiger partial charge is 0.497 e. The molecule has 0 saturated carbocycles. The summed E-state index contributed by atoms with van der Waals surface area (Å²) >= 11 is 13.4. The van der Waals surface area contributed by atoms with Crippen molar-refractivity contribution in [3.63, 3.8) is 0 Å². The van der Waals surface area contributed by atoms with Crippen LogP contribution < -0.4 is 20.1 Å². The second-order valence-corrected chi connectivity index (χ2v) is 10.5. The van der Waals surface area contributed by atoms with Gasteiger partial charge in [0, 0.05) is 16.8 Å². The fourth-order valence-electron chi connectivity index (χ4n) is 3.84. The van der Waals surface area contributed by atoms with Gasteiger partial charge < -0.3 is 20.1 Å². The van der Waals surface area contributed by atoms with Crippen LogP contribution in [0.15, 0.2) is 59.8 Å². The van der Waals surface area contributed by atoms with Crippen molar-refractivity contribution in [3.05, 3.63) is 87.2 Å². The van der Waals surface area contributed by atoms with Crippen molar-refractivity contribution in [2.45, 2.75) is 25.5 Å². The number of nitrogens with zero attached hydrogens (tertiary/aromatic N) is 3. The van der Waals surface area contributed by atoms with Gasteiger partial charge in [0.15, 0.2) is 11.0 Å². The van der Waals surface area contributed by atoms with Crippen molar-refractivity contribution in [1.29, 1.82) is 0 Å². The van der Waals surface area contributed by atoms with Crippen LogP contribution in [-0.4, -0.2) is 46.6 Å². The lowest BCUT2D eigenvalue weighted by atomic mass is 10.1. The number of hydrogen-bond donors (Lipinski definition) is 2. The molecule has 0 aliphatic heterocycles. The molecule has 40 heavy (non-hydrogen) atoms. The highest BCUT2D eigenvalue weighted by molar-refractivity contribution is 7.99. The van der Waals surface area contributed by atoms with Crippen LogP contribution in [0.3, 0.4) is 0 Å². The van der Waals surface area contributed by atoms with Gasteiger partial charge in [-0.2, -0.15) is 0 Å². The van der Waals surface area contributed by atoms with E-state index in [9.17, 15) is 9.59 Å². The predicted octanol–water partition coefficient (Wildman–Crippen LogP) is 5.87. The smallest absolute Gasteiger partial charge is 0.253 e. The Morgan fingerprint density at radius 1 is 0.975 bits per heavy atom. The van der Waals surface area contributed by atoms with E-state index < -0.39 is 5.91 Å². The van der Waals surface area contributed by atoms with Gasteiger partial charge in [-0.25, -0.2) is 0 Å². The highest BCUT2D eigenvalue weighted by Gasteiger charge is 2.21. The molecular formula is C28H27Cl2N5O4S. The van der Waals surface area contributed by atoms with Gasteiger partial charge in [0.25, 0.3) is 5.91 Å². The number of benzene rings is 3. The first kappa shape index (κ1) is 29.3. The molecule has 0 unspecified atom stereocenters. The van der Waals surface area contributed by atoms with Gasteiger partial charge in [-0.15, -0.1) is 10.2 Å². The molecule has 0 atom stereocenters. The van der Waals surface area contributed by atoms with Crippen LogP contribution in [0.4, 0.5) is 5.69 Å². The number of thioether (sulfide) groups is 1. The number of aromatic nitrogens is 3. The van der Waals surface area contributed by atoms with Crippen LogP contribution in [0.25, 0.3) is 5.69 Å². The molecule has 0 bridgehead atoms. The van der Waals surface area contributed by atoms with Crippen LogP contribution in [0.2, 0.25) is 10.0 Å². The third kappa shape index (κ3) is 6.88. The number of methoxy groups -OCH3 is 2. The Bertz CT molecular complexity index is 1560. The lowest BCUT2D eigenvalue weighted by molar-refractivity contribution is -0.113. The lowest BCUT2D eigenvalue weighted by Crippen LogP contribution is -2.25. The molecule has 0 aliphatic rings. The van der Waals surface area contributed by atoms with Crippen LogP contribution in [0, 0.1) is 13.8 Å². The molecule has 1 heterocycles. The summed E-state index contributed by atoms with van der Waals surface area (Å²) in [6.45, 7) is 3.92. The topological polar surface area (TPSA) is 107 Å². The number of amides is 2. The molecular weight excluding hydrogens is 573 g/mol. The van der Waals surface area contributed by atoms with Gasteiger partial charge in [-0.1, -0.05) is 47.1 Å². The number of ether oxygens (including phenoxy) is 2. The molecule has 0 aliphatic carbocycles. The highest BCUT2D eigenvalue weighted by Crippen LogP contribution is 2.32. The fraction of sp³-hybridized carbons (Fsp3) is 0.214. The Morgan fingerprint density at radius 2 is 1.77 bits per heavy atom. The Hall–Kier alpha value is -3.73. The zero-order valence-electron chi connectivity index (χ0n) is 22.2. The van der Waals surface area contributed by atoms with Crippen molar-refractivity contribution in [2.75, 3.05) is 25.3 Å². The summed E-state index contributed by atoms with van der Waals surface area (Å²) in [5.74, 6) is 0.980. The molecule has 2 N–H and O–H groups in total. The summed E-state index contributed by atoms with van der Waals surface area (Å²) in [6, 6.07) is 15.8. The summed E-state index contributed by atoms with van der Waals surface area (Å²) in [7, 11) is 3.10. The van der Waals surface area contributed by atoms with E-state index in [1.807, 2.05) is 32.0 Å². The van der Waals surface area contributed by atoms with Crippen molar-refractivity contribution >= 4 is 52.5 Å². The summed E-state index contributed by atoms with van der Waals surface area (Å²) in [4.78, 5) is 25.7. The molecule has 0 radical (unpaired) electrons. The van der Waals surface area contributed by atoms with Crippen LogP contribution in [0.5, 0.6) is 11.5 Å². The van der Waals surface area contributed by atoms with E-state index in [1.54, 1.807) is 49.1 Å². The maximum atomic E-state index is 12.9. The Kier molecular flexibility index (Phi) is 9.57. The normalized spacial score (nSPS) is 10.8. The molecule has 2 amide bonds.